The molecule has 0 aliphatic carbocycles. The second kappa shape index (κ2) is 42.0. The molecule has 17 atom stereocenters. The summed E-state index contributed by atoms with van der Waals surface area (Å²) in [6, 6.07) is 21.9. The second-order valence-electron chi connectivity index (χ2n) is 30.6. The number of aliphatic hydroxyl groups is 6. The van der Waals surface area contributed by atoms with Gasteiger partial charge in [0.25, 0.3) is 0 Å². The largest absolute Gasteiger partial charge is 0.508 e. The van der Waals surface area contributed by atoms with Crippen molar-refractivity contribution in [1.29, 1.82) is 0 Å². The van der Waals surface area contributed by atoms with E-state index in [-0.39, 0.29) is 99.3 Å². The number of para-hydroxylation sites is 1. The van der Waals surface area contributed by atoms with Crippen molar-refractivity contribution < 1.29 is 113 Å². The van der Waals surface area contributed by atoms with Gasteiger partial charge in [-0.3, -0.25) is 38.4 Å². The molecule has 5 heterocycles. The number of ether oxygens (including phenoxy) is 6. The van der Waals surface area contributed by atoms with Gasteiger partial charge in [0, 0.05) is 54.3 Å². The quantitative estimate of drug-likeness (QED) is 0.0397. The summed E-state index contributed by atoms with van der Waals surface area (Å²) in [5, 5.41) is 129. The molecule has 37 heteroatoms. The fourth-order valence-corrected chi connectivity index (χ4v) is 14.9. The number of hydrogen-bond acceptors (Lipinski definition) is 26. The normalized spacial score (nSPS) is 25.2. The van der Waals surface area contributed by atoms with Gasteiger partial charge in [0.2, 0.25) is 59.3 Å². The van der Waals surface area contributed by atoms with Crippen LogP contribution >= 0.6 is 34.8 Å². The molecule has 0 aromatic heterocycles. The number of nitrogens with two attached hydrogens (primary N) is 2. The van der Waals surface area contributed by atoms with Crippen LogP contribution in [-0.2, 0) is 59.1 Å². The van der Waals surface area contributed by atoms with E-state index in [9.17, 15) is 84.3 Å². The smallest absolute Gasteiger partial charge is 0.247 e. The Kier molecular flexibility index (Phi) is 32.3. The molecular weight excluding hydrogens is 1650 g/mol. The van der Waals surface area contributed by atoms with Crippen LogP contribution in [0.1, 0.15) is 125 Å². The lowest BCUT2D eigenvalue weighted by atomic mass is 9.84. The van der Waals surface area contributed by atoms with Gasteiger partial charge < -0.3 is 134 Å². The highest BCUT2D eigenvalue weighted by Crippen LogP contribution is 2.48. The highest BCUT2D eigenvalue weighted by atomic mass is 35.5. The van der Waals surface area contributed by atoms with Crippen molar-refractivity contribution in [2.45, 2.75) is 183 Å². The Bertz CT molecular complexity index is 4900. The lowest BCUT2D eigenvalue weighted by Gasteiger charge is -2.48. The van der Waals surface area contributed by atoms with Crippen molar-refractivity contribution in [2.24, 2.45) is 17.4 Å². The van der Waals surface area contributed by atoms with Crippen molar-refractivity contribution in [3.8, 4) is 68.2 Å². The Morgan fingerprint density at radius 2 is 1.33 bits per heavy atom. The van der Waals surface area contributed by atoms with E-state index in [1.54, 1.807) is 26.0 Å². The molecule has 7 aromatic rings. The second-order valence-corrected chi connectivity index (χ2v) is 31.9. The van der Waals surface area contributed by atoms with Gasteiger partial charge in [0.15, 0.2) is 23.9 Å². The summed E-state index contributed by atoms with van der Waals surface area (Å²) in [6.45, 7) is 7.80. The van der Waals surface area contributed by atoms with Crippen molar-refractivity contribution >= 4 is 82.1 Å². The zero-order valence-electron chi connectivity index (χ0n) is 67.6. The third-order valence-electron chi connectivity index (χ3n) is 21.1. The van der Waals surface area contributed by atoms with Gasteiger partial charge in [-0.2, -0.15) is 0 Å². The van der Waals surface area contributed by atoms with E-state index in [4.69, 9.17) is 74.7 Å². The number of phenolic OH excluding ortho intramolecular Hbond substituents is 3. The number of carbonyl (C=O) groups is 8. The molecule has 5 aliphatic heterocycles. The van der Waals surface area contributed by atoms with E-state index >= 15 is 0 Å². The zero-order valence-corrected chi connectivity index (χ0v) is 69.9. The van der Waals surface area contributed by atoms with Crippen LogP contribution in [0.25, 0.3) is 22.3 Å². The van der Waals surface area contributed by atoms with Gasteiger partial charge in [-0.05, 0) is 165 Å². The number of aliphatic hydroxyl groups excluding tert-OH is 6. The number of carbonyl (C=O) groups excluding carboxylic acids is 8. The van der Waals surface area contributed by atoms with Crippen molar-refractivity contribution in [1.82, 2.24) is 47.9 Å². The highest BCUT2D eigenvalue weighted by Gasteiger charge is 2.52. The molecule has 2 fully saturated rings. The number of phenols is 3. The van der Waals surface area contributed by atoms with Crippen molar-refractivity contribution in [3.63, 3.8) is 0 Å². The average Bonchev–Trinajstić information content (AvgIpc) is 0.771. The van der Waals surface area contributed by atoms with Crippen LogP contribution in [0.2, 0.25) is 15.1 Å². The molecule has 0 spiro atoms. The molecule has 12 rings (SSSR count). The standard InChI is InChI=1S/C85H102Cl3N11O23/c1-40(2)29-55(91-6)79(112)99-71-72(107)48-21-26-61(54(88)32-48)119-63-12-10-11-62(75(63)122-84-76(74(109)73(108)64(39-100)120-84)121-67-37-85(5,77(110)42(4)117-67)94-38-43-13-15-44(16-14-43)45-17-22-49(86)23-18-45)118-60-25-20-46(31-53(60)87)58(103)36-66(106)97-70(82(115)93-28-9-8-27-89)52-33-50(101)34-59(104)68(52)51-30-47(19-24-57(51)102)69(81(114)92-7)98-78(111)41(3)95-80(113)56(35-65(90)105)96-83(71)116/h10-26,30-34,40-42,55-56,58,64,67,69-74,76-77,84,91,94,100-104,107-110H,8-9,27-29,35-39,89H2,1-7H3,(H2,90,105)(H,92,114)(H,93,115)(H,95,113)(H,96,116)(H,97,106)(H,98,111)(H,99,112)/t41-,42?,55-,56+,58+,64?,67?,69?,70+,71-,72-,73?,74?,76?,77?,84?,85?/m1/s1. The van der Waals surface area contributed by atoms with Crippen LogP contribution in [0.5, 0.6) is 46.0 Å². The Hall–Kier alpha value is -10.5. The van der Waals surface area contributed by atoms with E-state index in [0.717, 1.165) is 41.0 Å². The zero-order chi connectivity index (χ0) is 88.7. The third-order valence-corrected chi connectivity index (χ3v) is 21.9. The summed E-state index contributed by atoms with van der Waals surface area (Å²) >= 11 is 20.3. The van der Waals surface area contributed by atoms with E-state index in [0.29, 0.717) is 17.9 Å². The third kappa shape index (κ3) is 23.2. The number of halogens is 3. The lowest BCUT2D eigenvalue weighted by molar-refractivity contribution is -0.334. The maximum absolute atomic E-state index is 14.9. The van der Waals surface area contributed by atoms with Gasteiger partial charge in [-0.25, -0.2) is 0 Å². The van der Waals surface area contributed by atoms with Crippen LogP contribution in [-0.4, -0.2) is 206 Å². The van der Waals surface area contributed by atoms with E-state index in [1.807, 2.05) is 50.2 Å². The number of aromatic hydroxyl groups is 3. The van der Waals surface area contributed by atoms with Gasteiger partial charge in [0.05, 0.1) is 53.8 Å². The predicted octanol–water partition coefficient (Wildman–Crippen LogP) is 5.00. The number of fused-ring (bicyclic) bond motifs is 2. The first kappa shape index (κ1) is 93.8. The first-order valence-electron chi connectivity index (χ1n) is 39.4. The summed E-state index contributed by atoms with van der Waals surface area (Å²) in [7, 11) is 2.71. The van der Waals surface area contributed by atoms with Gasteiger partial charge >= 0.3 is 0 Å². The van der Waals surface area contributed by atoms with Crippen molar-refractivity contribution in [2.75, 3.05) is 33.8 Å². The molecule has 2 saturated heterocycles. The molecule has 10 unspecified atom stereocenters. The molecule has 0 saturated carbocycles. The number of amides is 8. The number of nitrogens with one attached hydrogen (secondary N) is 9. The molecule has 656 valence electrons. The first-order chi connectivity index (χ1) is 58.0. The number of unbranched alkanes of at least 4 members (excludes halogenated alkanes) is 1. The number of hydrogen-bond donors (Lipinski definition) is 20. The first-order valence-corrected chi connectivity index (χ1v) is 40.5. The minimum absolute atomic E-state index is 0.00350. The Morgan fingerprint density at radius 3 is 1.94 bits per heavy atom. The van der Waals surface area contributed by atoms with Gasteiger partial charge in [0.1, 0.15) is 83.4 Å². The Balaban J connectivity index is 1.06. The SMILES string of the molecule is CNC(=O)C1NC(=O)[C@@H](C)NC(=O)[C@H](CC(N)=O)NC(=O)[C@H](NC(=O)[C@@H](CC(C)C)NC)[C@H](O)c2ccc(c(Cl)c2)Oc2cccc(c2OC2OC(CO)C(O)C(O)C2OC2CC(C)(NCc3ccc(-c4ccc(Cl)cc4)cc3)C(O)C(C)O2)Oc2ccc(cc2Cl)[C@@H](O)CC(=O)N[C@H](C(=O)NCCCCN)c2cc(O)cc(O)c2-c2cc1ccc2O. The van der Waals surface area contributed by atoms with Gasteiger partial charge in [-0.1, -0.05) is 109 Å². The summed E-state index contributed by atoms with van der Waals surface area (Å²) in [5.41, 5.74) is 11.6. The molecule has 7 aromatic carbocycles. The number of benzene rings is 7. The predicted molar refractivity (Wildman–Crippen MR) is 446 cm³/mol. The maximum Gasteiger partial charge on any atom is 0.247 e. The fourth-order valence-electron chi connectivity index (χ4n) is 14.3. The lowest BCUT2D eigenvalue weighted by Crippen LogP contribution is -2.65. The average molecular weight is 1750 g/mol. The van der Waals surface area contributed by atoms with Crippen LogP contribution in [0, 0.1) is 5.92 Å². The van der Waals surface area contributed by atoms with E-state index in [2.05, 4.69) is 47.9 Å². The number of rotatable bonds is 22. The summed E-state index contributed by atoms with van der Waals surface area (Å²) in [4.78, 5) is 114. The summed E-state index contributed by atoms with van der Waals surface area (Å²) in [5.74, 6) is -11.8. The molecule has 0 radical (unpaired) electrons. The van der Waals surface area contributed by atoms with E-state index < -0.39 is 198 Å². The molecule has 8 amide bonds. The highest BCUT2D eigenvalue weighted by molar-refractivity contribution is 6.32. The molecule has 34 nitrogen and oxygen atoms in total. The Morgan fingerprint density at radius 1 is 0.689 bits per heavy atom. The molecule has 122 heavy (non-hydrogen) atoms. The molecule has 22 N–H and O–H groups in total. The fraction of sp³-hybridized carbons (Fsp3) is 0.412. The maximum atomic E-state index is 14.9. The number of primary amides is 1. The molecular formula is C85H102Cl3N11O23. The summed E-state index contributed by atoms with van der Waals surface area (Å²) < 4.78 is 38.9. The van der Waals surface area contributed by atoms with Crippen LogP contribution < -0.4 is 73.5 Å². The number of likely N-dealkylation sites (N-methyl/N-ethyl adjacent to an activating group) is 2. The summed E-state index contributed by atoms with van der Waals surface area (Å²) in [6.07, 6.45) is -17.0. The molecule has 5 aliphatic rings. The van der Waals surface area contributed by atoms with Crippen LogP contribution in [0.15, 0.2) is 133 Å². The van der Waals surface area contributed by atoms with Gasteiger partial charge in [-0.15, -0.1) is 0 Å². The minimum Gasteiger partial charge on any atom is -0.508 e. The van der Waals surface area contributed by atoms with Crippen molar-refractivity contribution in [3.05, 3.63) is 176 Å². The molecule has 8 bridgehead atoms. The monoisotopic (exact) mass is 1750 g/mol. The topological polar surface area (TPSA) is 534 Å². The van der Waals surface area contributed by atoms with Crippen LogP contribution in [0.4, 0.5) is 0 Å². The Labute approximate surface area is 717 Å². The van der Waals surface area contributed by atoms with E-state index in [1.165, 1.54) is 81.7 Å². The van der Waals surface area contributed by atoms with Crippen LogP contribution in [0.3, 0.4) is 0 Å². The minimum atomic E-state index is -2.07.